The fourth-order valence-electron chi connectivity index (χ4n) is 1.29. The molecule has 1 rings (SSSR count). The lowest BCUT2D eigenvalue weighted by molar-refractivity contribution is -0.187. The highest BCUT2D eigenvalue weighted by atomic mass is 16.7. The molecule has 0 unspecified atom stereocenters. The average Bonchev–Trinajstić information content (AvgIpc) is 2.04. The van der Waals surface area contributed by atoms with Crippen LogP contribution in [-0.4, -0.2) is 31.5 Å². The van der Waals surface area contributed by atoms with Gasteiger partial charge in [0.05, 0.1) is 13.2 Å². The lowest BCUT2D eigenvalue weighted by atomic mass is 10.0. The molecule has 0 saturated carbocycles. The molecule has 4 heteroatoms. The molecule has 1 aliphatic heterocycles. The van der Waals surface area contributed by atoms with Crippen LogP contribution in [0.3, 0.4) is 0 Å². The zero-order valence-corrected chi connectivity index (χ0v) is 8.21. The number of hydrogen-bond donors (Lipinski definition) is 1. The van der Waals surface area contributed by atoms with Gasteiger partial charge in [0, 0.05) is 12.0 Å². The van der Waals surface area contributed by atoms with E-state index in [1.807, 2.05) is 13.8 Å². The molecule has 0 bridgehead atoms. The molecular weight excluding hydrogens is 170 g/mol. The molecule has 13 heavy (non-hydrogen) atoms. The number of rotatable bonds is 4. The fourth-order valence-corrected chi connectivity index (χ4v) is 1.29. The summed E-state index contributed by atoms with van der Waals surface area (Å²) in [4.78, 5) is 10.3. The Morgan fingerprint density at radius 1 is 1.46 bits per heavy atom. The van der Waals surface area contributed by atoms with Crippen molar-refractivity contribution in [1.29, 1.82) is 0 Å². The number of amides is 1. The molecule has 0 atom stereocenters. The van der Waals surface area contributed by atoms with Crippen molar-refractivity contribution >= 4 is 6.41 Å². The van der Waals surface area contributed by atoms with Gasteiger partial charge in [-0.05, 0) is 20.3 Å². The maximum atomic E-state index is 10.3. The Hall–Kier alpha value is -0.610. The highest BCUT2D eigenvalue weighted by Crippen LogP contribution is 2.17. The molecule has 1 saturated heterocycles. The van der Waals surface area contributed by atoms with Crippen LogP contribution in [0.1, 0.15) is 26.7 Å². The molecule has 0 aliphatic carbocycles. The van der Waals surface area contributed by atoms with Gasteiger partial charge in [0.15, 0.2) is 6.29 Å². The summed E-state index contributed by atoms with van der Waals surface area (Å²) < 4.78 is 10.8. The van der Waals surface area contributed by atoms with Gasteiger partial charge >= 0.3 is 0 Å². The molecule has 76 valence electrons. The van der Waals surface area contributed by atoms with E-state index in [9.17, 15) is 4.79 Å². The van der Waals surface area contributed by atoms with Crippen molar-refractivity contribution in [1.82, 2.24) is 5.32 Å². The standard InChI is InChI=1S/C9H17NO3/c1-9(2,10-7-11)6-8-12-4-3-5-13-8/h7-8H,3-6H2,1-2H3,(H,10,11). The fraction of sp³-hybridized carbons (Fsp3) is 0.889. The lowest BCUT2D eigenvalue weighted by Gasteiger charge is -2.31. The summed E-state index contributed by atoms with van der Waals surface area (Å²) in [7, 11) is 0. The summed E-state index contributed by atoms with van der Waals surface area (Å²) in [6.07, 6.45) is 2.18. The second-order valence-electron chi connectivity index (χ2n) is 3.87. The van der Waals surface area contributed by atoms with E-state index in [4.69, 9.17) is 9.47 Å². The van der Waals surface area contributed by atoms with Crippen molar-refractivity contribution in [3.8, 4) is 0 Å². The van der Waals surface area contributed by atoms with Crippen LogP contribution in [0, 0.1) is 0 Å². The zero-order chi connectivity index (χ0) is 9.73. The highest BCUT2D eigenvalue weighted by molar-refractivity contribution is 5.47. The molecule has 1 N–H and O–H groups in total. The number of hydrogen-bond acceptors (Lipinski definition) is 3. The lowest BCUT2D eigenvalue weighted by Crippen LogP contribution is -2.43. The van der Waals surface area contributed by atoms with Crippen LogP contribution in [0.4, 0.5) is 0 Å². The van der Waals surface area contributed by atoms with Gasteiger partial charge in [-0.1, -0.05) is 0 Å². The first-order valence-corrected chi connectivity index (χ1v) is 4.58. The van der Waals surface area contributed by atoms with Gasteiger partial charge in [0.2, 0.25) is 6.41 Å². The molecule has 1 amide bonds. The third-order valence-corrected chi connectivity index (χ3v) is 2.02. The maximum absolute atomic E-state index is 10.3. The molecule has 1 heterocycles. The van der Waals surface area contributed by atoms with E-state index < -0.39 is 0 Å². The SMILES string of the molecule is CC(C)(CC1OCCCO1)NC=O. The monoisotopic (exact) mass is 187 g/mol. The van der Waals surface area contributed by atoms with Crippen molar-refractivity contribution < 1.29 is 14.3 Å². The van der Waals surface area contributed by atoms with Crippen LogP contribution in [0.2, 0.25) is 0 Å². The van der Waals surface area contributed by atoms with Crippen molar-refractivity contribution in [2.24, 2.45) is 0 Å². The van der Waals surface area contributed by atoms with Gasteiger partial charge in [-0.15, -0.1) is 0 Å². The Labute approximate surface area is 78.6 Å². The van der Waals surface area contributed by atoms with E-state index >= 15 is 0 Å². The Balaban J connectivity index is 2.32. The van der Waals surface area contributed by atoms with E-state index in [-0.39, 0.29) is 11.8 Å². The first kappa shape index (κ1) is 10.5. The predicted molar refractivity (Wildman–Crippen MR) is 48.2 cm³/mol. The van der Waals surface area contributed by atoms with E-state index in [1.54, 1.807) is 0 Å². The Bertz CT molecular complexity index is 164. The highest BCUT2D eigenvalue weighted by Gasteiger charge is 2.25. The van der Waals surface area contributed by atoms with Crippen molar-refractivity contribution in [3.05, 3.63) is 0 Å². The van der Waals surface area contributed by atoms with Gasteiger partial charge in [-0.25, -0.2) is 0 Å². The molecular formula is C9H17NO3. The van der Waals surface area contributed by atoms with Crippen LogP contribution < -0.4 is 5.32 Å². The van der Waals surface area contributed by atoms with Crippen LogP contribution in [0.25, 0.3) is 0 Å². The maximum Gasteiger partial charge on any atom is 0.207 e. The summed E-state index contributed by atoms with van der Waals surface area (Å²) in [6.45, 7) is 5.40. The minimum absolute atomic E-state index is 0.170. The Morgan fingerprint density at radius 3 is 2.62 bits per heavy atom. The smallest absolute Gasteiger partial charge is 0.207 e. The minimum Gasteiger partial charge on any atom is -0.354 e. The van der Waals surface area contributed by atoms with Crippen LogP contribution in [0.15, 0.2) is 0 Å². The summed E-state index contributed by atoms with van der Waals surface area (Å²) in [5, 5.41) is 2.73. The van der Waals surface area contributed by atoms with Crippen molar-refractivity contribution in [2.75, 3.05) is 13.2 Å². The Kier molecular flexibility index (Phi) is 3.69. The molecule has 0 spiro atoms. The van der Waals surface area contributed by atoms with E-state index in [1.165, 1.54) is 0 Å². The molecule has 0 aromatic rings. The number of carbonyl (C=O) groups is 1. The molecule has 4 nitrogen and oxygen atoms in total. The summed E-state index contributed by atoms with van der Waals surface area (Å²) in [5.74, 6) is 0. The molecule has 1 aliphatic rings. The largest absolute Gasteiger partial charge is 0.354 e. The van der Waals surface area contributed by atoms with Crippen molar-refractivity contribution in [3.63, 3.8) is 0 Å². The number of carbonyl (C=O) groups excluding carboxylic acids is 1. The third-order valence-electron chi connectivity index (χ3n) is 2.02. The Morgan fingerprint density at radius 2 is 2.08 bits per heavy atom. The molecule has 0 aromatic heterocycles. The van der Waals surface area contributed by atoms with E-state index in [0.29, 0.717) is 12.8 Å². The van der Waals surface area contributed by atoms with E-state index in [2.05, 4.69) is 5.32 Å². The summed E-state index contributed by atoms with van der Waals surface area (Å²) >= 11 is 0. The second kappa shape index (κ2) is 4.58. The van der Waals surface area contributed by atoms with Crippen molar-refractivity contribution in [2.45, 2.75) is 38.5 Å². The molecule has 0 aromatic carbocycles. The molecule has 0 radical (unpaired) electrons. The van der Waals surface area contributed by atoms with Crippen LogP contribution >= 0.6 is 0 Å². The summed E-state index contributed by atoms with van der Waals surface area (Å²) in [5.41, 5.74) is -0.260. The number of nitrogens with one attached hydrogen (secondary N) is 1. The van der Waals surface area contributed by atoms with Gasteiger partial charge < -0.3 is 14.8 Å². The predicted octanol–water partition coefficient (Wildman–Crippen LogP) is 0.664. The average molecular weight is 187 g/mol. The quantitative estimate of drug-likeness (QED) is 0.658. The van der Waals surface area contributed by atoms with Crippen LogP contribution in [0.5, 0.6) is 0 Å². The first-order chi connectivity index (χ1) is 6.14. The van der Waals surface area contributed by atoms with Gasteiger partial charge in [-0.3, -0.25) is 4.79 Å². The topological polar surface area (TPSA) is 47.6 Å². The van der Waals surface area contributed by atoms with E-state index in [0.717, 1.165) is 19.6 Å². The van der Waals surface area contributed by atoms with Crippen LogP contribution in [-0.2, 0) is 14.3 Å². The summed E-state index contributed by atoms with van der Waals surface area (Å²) in [6, 6.07) is 0. The van der Waals surface area contributed by atoms with Gasteiger partial charge in [0.25, 0.3) is 0 Å². The first-order valence-electron chi connectivity index (χ1n) is 4.58. The zero-order valence-electron chi connectivity index (χ0n) is 8.21. The number of ether oxygens (including phenoxy) is 2. The van der Waals surface area contributed by atoms with Gasteiger partial charge in [-0.2, -0.15) is 0 Å². The second-order valence-corrected chi connectivity index (χ2v) is 3.87. The minimum atomic E-state index is -0.260. The normalized spacial score (nSPS) is 19.8. The molecule has 1 fully saturated rings. The third kappa shape index (κ3) is 3.74. The van der Waals surface area contributed by atoms with Gasteiger partial charge in [0.1, 0.15) is 0 Å².